The highest BCUT2D eigenvalue weighted by atomic mass is 16.5. The van der Waals surface area contributed by atoms with Gasteiger partial charge in [0, 0.05) is 17.4 Å². The highest BCUT2D eigenvalue weighted by molar-refractivity contribution is 5.83. The Labute approximate surface area is 102 Å². The fraction of sp³-hybridized carbons (Fsp3) is 0.786. The maximum Gasteiger partial charge on any atom is 0.330 e. The Morgan fingerprint density at radius 3 is 3.24 bits per heavy atom. The van der Waals surface area contributed by atoms with Crippen LogP contribution in [-0.4, -0.2) is 25.8 Å². The van der Waals surface area contributed by atoms with Gasteiger partial charge in [0.25, 0.3) is 0 Å². The van der Waals surface area contributed by atoms with Crippen LogP contribution in [0.2, 0.25) is 0 Å². The summed E-state index contributed by atoms with van der Waals surface area (Å²) in [5.41, 5.74) is 1.69. The molecule has 0 bridgehead atoms. The molecule has 0 aromatic rings. The van der Waals surface area contributed by atoms with Crippen molar-refractivity contribution in [2.24, 2.45) is 17.3 Å². The van der Waals surface area contributed by atoms with Crippen molar-refractivity contribution in [1.82, 2.24) is 0 Å². The molecule has 1 spiro atoms. The first-order valence-corrected chi connectivity index (χ1v) is 6.74. The Balaban J connectivity index is 1.81. The molecule has 1 heterocycles. The minimum absolute atomic E-state index is 0.173. The molecule has 0 aromatic carbocycles. The van der Waals surface area contributed by atoms with Gasteiger partial charge in [0.15, 0.2) is 0 Å². The summed E-state index contributed by atoms with van der Waals surface area (Å²) in [6.45, 7) is 4.02. The van der Waals surface area contributed by atoms with Gasteiger partial charge in [-0.25, -0.2) is 4.79 Å². The first-order valence-electron chi connectivity index (χ1n) is 6.74. The molecule has 0 unspecified atom stereocenters. The lowest BCUT2D eigenvalue weighted by molar-refractivity contribution is -0.137. The van der Waals surface area contributed by atoms with E-state index in [0.717, 1.165) is 13.2 Å². The Hall–Kier alpha value is -0.830. The van der Waals surface area contributed by atoms with Crippen LogP contribution in [0.5, 0.6) is 0 Å². The van der Waals surface area contributed by atoms with Gasteiger partial charge in [-0.05, 0) is 25.7 Å². The topological polar surface area (TPSA) is 35.5 Å². The zero-order chi connectivity index (χ0) is 11.9. The fourth-order valence-corrected chi connectivity index (χ4v) is 4.08. The SMILES string of the molecule is CCOC(=O)/C=C1\[C@H]2CCCC[C@]23COC[C@H]13. The van der Waals surface area contributed by atoms with E-state index in [1.807, 2.05) is 6.92 Å². The van der Waals surface area contributed by atoms with Crippen LogP contribution in [0.4, 0.5) is 0 Å². The van der Waals surface area contributed by atoms with Gasteiger partial charge in [-0.3, -0.25) is 0 Å². The molecule has 1 saturated heterocycles. The second-order valence-electron chi connectivity index (χ2n) is 5.50. The van der Waals surface area contributed by atoms with E-state index in [1.165, 1.54) is 31.3 Å². The number of carbonyl (C=O) groups is 1. The zero-order valence-electron chi connectivity index (χ0n) is 10.4. The molecule has 0 N–H and O–H groups in total. The molecule has 94 valence electrons. The van der Waals surface area contributed by atoms with Crippen molar-refractivity contribution >= 4 is 5.97 Å². The van der Waals surface area contributed by atoms with Crippen LogP contribution in [0.1, 0.15) is 32.6 Å². The number of rotatable bonds is 2. The van der Waals surface area contributed by atoms with E-state index in [4.69, 9.17) is 9.47 Å². The molecule has 3 atom stereocenters. The largest absolute Gasteiger partial charge is 0.463 e. The number of hydrogen-bond donors (Lipinski definition) is 0. The fourth-order valence-electron chi connectivity index (χ4n) is 4.08. The van der Waals surface area contributed by atoms with Gasteiger partial charge >= 0.3 is 5.97 Å². The van der Waals surface area contributed by atoms with Gasteiger partial charge < -0.3 is 9.47 Å². The zero-order valence-corrected chi connectivity index (χ0v) is 10.4. The monoisotopic (exact) mass is 236 g/mol. The summed E-state index contributed by atoms with van der Waals surface area (Å²) in [5.74, 6) is 0.916. The summed E-state index contributed by atoms with van der Waals surface area (Å²) in [6.07, 6.45) is 6.87. The average molecular weight is 236 g/mol. The molecule has 0 radical (unpaired) electrons. The lowest BCUT2D eigenvalue weighted by atomic mass is 9.46. The summed E-state index contributed by atoms with van der Waals surface area (Å²) < 4.78 is 10.7. The van der Waals surface area contributed by atoms with E-state index >= 15 is 0 Å². The van der Waals surface area contributed by atoms with Gasteiger partial charge in [-0.15, -0.1) is 0 Å². The molecule has 3 nitrogen and oxygen atoms in total. The van der Waals surface area contributed by atoms with E-state index in [1.54, 1.807) is 6.08 Å². The second kappa shape index (κ2) is 4.13. The predicted octanol–water partition coefficient (Wildman–Crippen LogP) is 2.31. The summed E-state index contributed by atoms with van der Waals surface area (Å²) in [5, 5.41) is 0. The standard InChI is InChI=1S/C14H20O3/c1-2-17-13(15)7-10-11-5-3-4-6-14(11)9-16-8-12(10)14/h7,11-12H,2-6,8-9H2,1H3/b10-7+/t11-,12-,14+/m1/s1. The summed E-state index contributed by atoms with van der Waals surface area (Å²) in [7, 11) is 0. The molecule has 2 saturated carbocycles. The van der Waals surface area contributed by atoms with Crippen molar-refractivity contribution < 1.29 is 14.3 Å². The number of carbonyl (C=O) groups excluding carboxylic acids is 1. The van der Waals surface area contributed by atoms with Gasteiger partial charge in [0.05, 0.1) is 19.8 Å². The summed E-state index contributed by atoms with van der Waals surface area (Å²) in [6, 6.07) is 0. The van der Waals surface area contributed by atoms with Crippen molar-refractivity contribution in [2.45, 2.75) is 32.6 Å². The summed E-state index contributed by atoms with van der Waals surface area (Å²) in [4.78, 5) is 11.6. The van der Waals surface area contributed by atoms with Crippen LogP contribution in [0.25, 0.3) is 0 Å². The van der Waals surface area contributed by atoms with Crippen LogP contribution < -0.4 is 0 Å². The Morgan fingerprint density at radius 1 is 1.53 bits per heavy atom. The van der Waals surface area contributed by atoms with Crippen molar-refractivity contribution in [3.8, 4) is 0 Å². The third kappa shape index (κ3) is 1.55. The van der Waals surface area contributed by atoms with Crippen LogP contribution >= 0.6 is 0 Å². The van der Waals surface area contributed by atoms with Crippen LogP contribution in [-0.2, 0) is 14.3 Å². The molecule has 17 heavy (non-hydrogen) atoms. The van der Waals surface area contributed by atoms with Gasteiger partial charge in [0.2, 0.25) is 0 Å². The first kappa shape index (κ1) is 11.3. The predicted molar refractivity (Wildman–Crippen MR) is 63.4 cm³/mol. The average Bonchev–Trinajstić information content (AvgIpc) is 2.64. The molecule has 3 fully saturated rings. The van der Waals surface area contributed by atoms with Gasteiger partial charge in [-0.2, -0.15) is 0 Å². The minimum Gasteiger partial charge on any atom is -0.463 e. The highest BCUT2D eigenvalue weighted by Gasteiger charge is 2.61. The molecule has 1 aliphatic heterocycles. The molecule has 2 aliphatic carbocycles. The molecule has 3 aliphatic rings. The maximum absolute atomic E-state index is 11.6. The van der Waals surface area contributed by atoms with Crippen molar-refractivity contribution in [2.75, 3.05) is 19.8 Å². The van der Waals surface area contributed by atoms with Gasteiger partial charge in [-0.1, -0.05) is 18.4 Å². The molecule has 3 rings (SSSR count). The van der Waals surface area contributed by atoms with Crippen molar-refractivity contribution in [3.63, 3.8) is 0 Å². The quantitative estimate of drug-likeness (QED) is 0.545. The lowest BCUT2D eigenvalue weighted by Gasteiger charge is -2.56. The number of ether oxygens (including phenoxy) is 2. The van der Waals surface area contributed by atoms with Crippen LogP contribution in [0.3, 0.4) is 0 Å². The lowest BCUT2D eigenvalue weighted by Crippen LogP contribution is -2.52. The third-order valence-corrected chi connectivity index (χ3v) is 4.80. The van der Waals surface area contributed by atoms with Crippen molar-refractivity contribution in [3.05, 3.63) is 11.6 Å². The molecule has 0 amide bonds. The second-order valence-corrected chi connectivity index (χ2v) is 5.50. The molecule has 3 heteroatoms. The first-order chi connectivity index (χ1) is 8.28. The normalized spacial score (nSPS) is 41.6. The minimum atomic E-state index is -0.173. The van der Waals surface area contributed by atoms with E-state index in [2.05, 4.69) is 0 Å². The number of hydrogen-bond acceptors (Lipinski definition) is 3. The van der Waals surface area contributed by atoms with E-state index in [9.17, 15) is 4.79 Å². The van der Waals surface area contributed by atoms with E-state index < -0.39 is 0 Å². The molecular formula is C14H20O3. The Bertz CT molecular complexity index is 360. The Kier molecular flexibility index (Phi) is 2.74. The summed E-state index contributed by atoms with van der Waals surface area (Å²) >= 11 is 0. The number of esters is 1. The molecular weight excluding hydrogens is 216 g/mol. The van der Waals surface area contributed by atoms with Gasteiger partial charge in [0.1, 0.15) is 0 Å². The smallest absolute Gasteiger partial charge is 0.330 e. The van der Waals surface area contributed by atoms with E-state index in [0.29, 0.717) is 23.9 Å². The van der Waals surface area contributed by atoms with Crippen molar-refractivity contribution in [1.29, 1.82) is 0 Å². The molecule has 0 aromatic heterocycles. The van der Waals surface area contributed by atoms with E-state index in [-0.39, 0.29) is 5.97 Å². The van der Waals surface area contributed by atoms with Crippen LogP contribution in [0.15, 0.2) is 11.6 Å². The third-order valence-electron chi connectivity index (χ3n) is 4.80. The Morgan fingerprint density at radius 2 is 2.41 bits per heavy atom. The highest BCUT2D eigenvalue weighted by Crippen LogP contribution is 2.65. The van der Waals surface area contributed by atoms with Crippen LogP contribution in [0, 0.1) is 17.3 Å². The maximum atomic E-state index is 11.6.